The molecular formula is C14H23NO. The zero-order chi connectivity index (χ0) is 11.2. The van der Waals surface area contributed by atoms with E-state index in [4.69, 9.17) is 4.42 Å². The van der Waals surface area contributed by atoms with Gasteiger partial charge in [0.2, 0.25) is 0 Å². The lowest BCUT2D eigenvalue weighted by Gasteiger charge is -2.17. The molecule has 1 aliphatic rings. The second-order valence-corrected chi connectivity index (χ2v) is 5.00. The number of hydrogen-bond acceptors (Lipinski definition) is 2. The second-order valence-electron chi connectivity index (χ2n) is 5.00. The van der Waals surface area contributed by atoms with Crippen molar-refractivity contribution in [3.8, 4) is 0 Å². The van der Waals surface area contributed by atoms with Crippen molar-refractivity contribution in [3.63, 3.8) is 0 Å². The number of hydrogen-bond donors (Lipinski definition) is 1. The molecule has 0 saturated heterocycles. The van der Waals surface area contributed by atoms with Gasteiger partial charge in [0.1, 0.15) is 5.76 Å². The molecule has 1 saturated carbocycles. The Labute approximate surface area is 98.4 Å². The minimum atomic E-state index is 0.576. The molecule has 0 bridgehead atoms. The van der Waals surface area contributed by atoms with E-state index < -0.39 is 0 Å². The van der Waals surface area contributed by atoms with Crippen molar-refractivity contribution in [2.45, 2.75) is 51.0 Å². The van der Waals surface area contributed by atoms with Gasteiger partial charge < -0.3 is 9.73 Å². The smallest absolute Gasteiger partial charge is 0.105 e. The number of rotatable bonds is 6. The molecule has 1 heterocycles. The third-order valence-corrected chi connectivity index (χ3v) is 3.83. The summed E-state index contributed by atoms with van der Waals surface area (Å²) in [4.78, 5) is 0. The van der Waals surface area contributed by atoms with Gasteiger partial charge >= 0.3 is 0 Å². The summed E-state index contributed by atoms with van der Waals surface area (Å²) in [6, 6.07) is 4.62. The molecule has 0 spiro atoms. The van der Waals surface area contributed by atoms with Crippen molar-refractivity contribution >= 4 is 0 Å². The largest absolute Gasteiger partial charge is 0.469 e. The summed E-state index contributed by atoms with van der Waals surface area (Å²) in [7, 11) is 2.06. The highest BCUT2D eigenvalue weighted by atomic mass is 16.3. The predicted octanol–water partition coefficient (Wildman–Crippen LogP) is 3.38. The molecule has 1 aromatic heterocycles. The fraction of sp³-hybridized carbons (Fsp3) is 0.714. The van der Waals surface area contributed by atoms with Crippen LogP contribution in [0.25, 0.3) is 0 Å². The van der Waals surface area contributed by atoms with Crippen molar-refractivity contribution in [2.75, 3.05) is 7.05 Å². The van der Waals surface area contributed by atoms with Crippen LogP contribution in [0, 0.1) is 5.92 Å². The van der Waals surface area contributed by atoms with E-state index in [1.165, 1.54) is 38.5 Å². The van der Waals surface area contributed by atoms with E-state index in [1.807, 2.05) is 6.07 Å². The molecule has 16 heavy (non-hydrogen) atoms. The molecule has 90 valence electrons. The maximum atomic E-state index is 5.40. The van der Waals surface area contributed by atoms with E-state index in [1.54, 1.807) is 6.26 Å². The van der Waals surface area contributed by atoms with Gasteiger partial charge in [-0.3, -0.25) is 0 Å². The lowest BCUT2D eigenvalue weighted by atomic mass is 9.97. The number of likely N-dealkylation sites (N-methyl/N-ethyl adjacent to an activating group) is 1. The van der Waals surface area contributed by atoms with Crippen LogP contribution in [0.3, 0.4) is 0 Å². The Morgan fingerprint density at radius 2 is 2.25 bits per heavy atom. The summed E-state index contributed by atoms with van der Waals surface area (Å²) in [6.07, 6.45) is 11.3. The van der Waals surface area contributed by atoms with E-state index in [2.05, 4.69) is 18.4 Å². The van der Waals surface area contributed by atoms with Crippen molar-refractivity contribution in [2.24, 2.45) is 5.92 Å². The fourth-order valence-corrected chi connectivity index (χ4v) is 2.76. The van der Waals surface area contributed by atoms with Crippen molar-refractivity contribution < 1.29 is 4.42 Å². The minimum Gasteiger partial charge on any atom is -0.469 e. The van der Waals surface area contributed by atoms with Gasteiger partial charge in [0.05, 0.1) is 6.26 Å². The normalized spacial score (nSPS) is 19.1. The highest BCUT2D eigenvalue weighted by Gasteiger charge is 2.17. The van der Waals surface area contributed by atoms with Crippen LogP contribution >= 0.6 is 0 Å². The molecule has 2 nitrogen and oxygen atoms in total. The van der Waals surface area contributed by atoms with E-state index in [0.717, 1.165) is 18.1 Å². The van der Waals surface area contributed by atoms with Gasteiger partial charge in [0, 0.05) is 12.5 Å². The molecule has 1 unspecified atom stereocenters. The first-order chi connectivity index (χ1) is 7.88. The highest BCUT2D eigenvalue weighted by Crippen LogP contribution is 2.29. The molecule has 1 N–H and O–H groups in total. The van der Waals surface area contributed by atoms with E-state index in [0.29, 0.717) is 6.04 Å². The molecule has 1 aromatic rings. The molecule has 1 atom stereocenters. The Morgan fingerprint density at radius 3 is 2.88 bits per heavy atom. The van der Waals surface area contributed by atoms with E-state index in [9.17, 15) is 0 Å². The minimum absolute atomic E-state index is 0.576. The maximum Gasteiger partial charge on any atom is 0.105 e. The van der Waals surface area contributed by atoms with Gasteiger partial charge in [-0.25, -0.2) is 0 Å². The van der Waals surface area contributed by atoms with Crippen LogP contribution in [0.15, 0.2) is 22.8 Å². The first-order valence-electron chi connectivity index (χ1n) is 6.58. The van der Waals surface area contributed by atoms with Crippen LogP contribution in [-0.2, 0) is 6.42 Å². The standard InChI is InChI=1S/C14H23NO/c1-15-13(11-14-7-4-10-16-14)9-8-12-5-2-3-6-12/h4,7,10,12-13,15H,2-3,5-6,8-9,11H2,1H3. The first kappa shape index (κ1) is 11.7. The van der Waals surface area contributed by atoms with Gasteiger partial charge in [-0.15, -0.1) is 0 Å². The molecule has 2 rings (SSSR count). The summed E-state index contributed by atoms with van der Waals surface area (Å²) in [5.41, 5.74) is 0. The van der Waals surface area contributed by atoms with Crippen LogP contribution in [0.5, 0.6) is 0 Å². The zero-order valence-electron chi connectivity index (χ0n) is 10.2. The van der Waals surface area contributed by atoms with Crippen LogP contribution in [-0.4, -0.2) is 13.1 Å². The molecule has 0 aliphatic heterocycles. The zero-order valence-corrected chi connectivity index (χ0v) is 10.2. The summed E-state index contributed by atoms with van der Waals surface area (Å²) in [5, 5.41) is 3.40. The van der Waals surface area contributed by atoms with Gasteiger partial charge in [-0.1, -0.05) is 25.7 Å². The van der Waals surface area contributed by atoms with Gasteiger partial charge in [0.15, 0.2) is 0 Å². The lowest BCUT2D eigenvalue weighted by Crippen LogP contribution is -2.27. The number of nitrogens with one attached hydrogen (secondary N) is 1. The summed E-state index contributed by atoms with van der Waals surface area (Å²) < 4.78 is 5.40. The summed E-state index contributed by atoms with van der Waals surface area (Å²) in [5.74, 6) is 2.10. The summed E-state index contributed by atoms with van der Waals surface area (Å²) >= 11 is 0. The molecule has 0 amide bonds. The van der Waals surface area contributed by atoms with Gasteiger partial charge in [-0.2, -0.15) is 0 Å². The Hall–Kier alpha value is -0.760. The van der Waals surface area contributed by atoms with Crippen LogP contribution in [0.4, 0.5) is 0 Å². The SMILES string of the molecule is CNC(CCC1CCCC1)Cc1ccco1. The second kappa shape index (κ2) is 6.09. The van der Waals surface area contributed by atoms with Gasteiger partial charge in [-0.05, 0) is 37.9 Å². The molecule has 1 fully saturated rings. The predicted molar refractivity (Wildman–Crippen MR) is 66.5 cm³/mol. The van der Waals surface area contributed by atoms with Crippen LogP contribution < -0.4 is 5.32 Å². The molecule has 0 radical (unpaired) electrons. The quantitative estimate of drug-likeness (QED) is 0.796. The lowest BCUT2D eigenvalue weighted by molar-refractivity contribution is 0.395. The van der Waals surface area contributed by atoms with E-state index in [-0.39, 0.29) is 0 Å². The van der Waals surface area contributed by atoms with Crippen molar-refractivity contribution in [3.05, 3.63) is 24.2 Å². The topological polar surface area (TPSA) is 25.2 Å². The Bertz CT molecular complexity index is 275. The van der Waals surface area contributed by atoms with E-state index >= 15 is 0 Å². The molecule has 2 heteroatoms. The average molecular weight is 221 g/mol. The van der Waals surface area contributed by atoms with Crippen LogP contribution in [0.2, 0.25) is 0 Å². The van der Waals surface area contributed by atoms with Gasteiger partial charge in [0.25, 0.3) is 0 Å². The Balaban J connectivity index is 1.72. The Kier molecular flexibility index (Phi) is 4.46. The average Bonchev–Trinajstić information content (AvgIpc) is 2.97. The van der Waals surface area contributed by atoms with Crippen molar-refractivity contribution in [1.29, 1.82) is 0 Å². The third-order valence-electron chi connectivity index (χ3n) is 3.83. The molecular weight excluding hydrogens is 198 g/mol. The molecule has 0 aromatic carbocycles. The third kappa shape index (κ3) is 3.38. The Morgan fingerprint density at radius 1 is 1.44 bits per heavy atom. The molecule has 1 aliphatic carbocycles. The van der Waals surface area contributed by atoms with Crippen molar-refractivity contribution in [1.82, 2.24) is 5.32 Å². The number of furan rings is 1. The first-order valence-corrected chi connectivity index (χ1v) is 6.58. The van der Waals surface area contributed by atoms with Crippen LogP contribution in [0.1, 0.15) is 44.3 Å². The monoisotopic (exact) mass is 221 g/mol. The highest BCUT2D eigenvalue weighted by molar-refractivity contribution is 5.00. The summed E-state index contributed by atoms with van der Waals surface area (Å²) in [6.45, 7) is 0. The maximum absolute atomic E-state index is 5.40. The fourth-order valence-electron chi connectivity index (χ4n) is 2.76.